The van der Waals surface area contributed by atoms with Gasteiger partial charge < -0.3 is 4.74 Å². The summed E-state index contributed by atoms with van der Waals surface area (Å²) in [7, 11) is -4.06. The van der Waals surface area contributed by atoms with Gasteiger partial charge in [-0.25, -0.2) is 12.7 Å². The Kier molecular flexibility index (Phi) is 8.32. The summed E-state index contributed by atoms with van der Waals surface area (Å²) < 4.78 is 34.5. The highest BCUT2D eigenvalue weighted by molar-refractivity contribution is 9.10. The molecule has 0 spiro atoms. The molecule has 3 aromatic rings. The van der Waals surface area contributed by atoms with Crippen LogP contribution in [0.2, 0.25) is 0 Å². The second-order valence-electron chi connectivity index (χ2n) is 7.84. The monoisotopic (exact) mass is 529 g/mol. The molecular formula is C26H28BrNO4S. The molecule has 0 fully saturated rings. The van der Waals surface area contributed by atoms with Crippen molar-refractivity contribution < 1.29 is 17.9 Å². The van der Waals surface area contributed by atoms with Gasteiger partial charge in [0, 0.05) is 6.42 Å². The van der Waals surface area contributed by atoms with E-state index < -0.39 is 15.9 Å². The lowest BCUT2D eigenvalue weighted by molar-refractivity contribution is -0.117. The number of carbonyl (C=O) groups is 1. The first-order valence-corrected chi connectivity index (χ1v) is 13.1. The number of benzene rings is 3. The molecule has 5 nitrogen and oxygen atoms in total. The summed E-state index contributed by atoms with van der Waals surface area (Å²) in [4.78, 5) is 13.4. The summed E-state index contributed by atoms with van der Waals surface area (Å²) in [5, 5.41) is 0. The maximum absolute atomic E-state index is 13.5. The number of ether oxygens (including phenoxy) is 1. The fraction of sp³-hybridized carbons (Fsp3) is 0.269. The molecule has 0 aliphatic carbocycles. The Morgan fingerprint density at radius 3 is 2.39 bits per heavy atom. The van der Waals surface area contributed by atoms with Crippen molar-refractivity contribution in [2.24, 2.45) is 0 Å². The van der Waals surface area contributed by atoms with Crippen LogP contribution >= 0.6 is 15.9 Å². The van der Waals surface area contributed by atoms with Crippen LogP contribution in [-0.4, -0.2) is 20.9 Å². The molecule has 3 rings (SSSR count). The van der Waals surface area contributed by atoms with Crippen molar-refractivity contribution >= 4 is 37.5 Å². The second-order valence-corrected chi connectivity index (χ2v) is 10.5. The van der Waals surface area contributed by atoms with E-state index in [1.54, 1.807) is 31.2 Å². The minimum atomic E-state index is -4.06. The molecule has 174 valence electrons. The number of anilines is 1. The van der Waals surface area contributed by atoms with Crippen LogP contribution in [0.3, 0.4) is 0 Å². The minimum Gasteiger partial charge on any atom is -0.492 e. The van der Waals surface area contributed by atoms with E-state index in [1.807, 2.05) is 37.3 Å². The maximum atomic E-state index is 13.5. The van der Waals surface area contributed by atoms with Crippen LogP contribution < -0.4 is 9.04 Å². The van der Waals surface area contributed by atoms with Gasteiger partial charge in [-0.05, 0) is 89.6 Å². The Bertz CT molecular complexity index is 1230. The highest BCUT2D eigenvalue weighted by Gasteiger charge is 2.31. The van der Waals surface area contributed by atoms with Gasteiger partial charge in [-0.15, -0.1) is 0 Å². The van der Waals surface area contributed by atoms with Gasteiger partial charge in [0.2, 0.25) is 5.91 Å². The lowest BCUT2D eigenvalue weighted by atomic mass is 10.1. The Labute approximate surface area is 204 Å². The standard InChI is InChI=1S/C26H28BrNO4S/c1-4-21-14-15-25(23(27)18-21)32-16-8-11-26(29)28(24-17-19(2)12-13-20(24)3)33(30,31)22-9-6-5-7-10-22/h5-7,9-10,12-15,17-18H,4,8,11,16H2,1-3H3. The Balaban J connectivity index is 1.79. The SMILES string of the molecule is CCc1ccc(OCCCC(=O)N(c2cc(C)ccc2C)S(=O)(=O)c2ccccc2)c(Br)c1. The van der Waals surface area contributed by atoms with Crippen molar-refractivity contribution in [3.63, 3.8) is 0 Å². The number of rotatable bonds is 9. The van der Waals surface area contributed by atoms with E-state index in [-0.39, 0.29) is 11.3 Å². The molecule has 0 saturated heterocycles. The third-order valence-corrected chi connectivity index (χ3v) is 7.66. The van der Waals surface area contributed by atoms with Crippen molar-refractivity contribution in [1.82, 2.24) is 0 Å². The zero-order valence-corrected chi connectivity index (χ0v) is 21.4. The van der Waals surface area contributed by atoms with E-state index in [0.29, 0.717) is 30.0 Å². The molecule has 0 heterocycles. The van der Waals surface area contributed by atoms with Gasteiger partial charge in [-0.2, -0.15) is 0 Å². The number of nitrogens with zero attached hydrogens (tertiary/aromatic N) is 1. The smallest absolute Gasteiger partial charge is 0.270 e. The maximum Gasteiger partial charge on any atom is 0.270 e. The van der Waals surface area contributed by atoms with Gasteiger partial charge in [0.25, 0.3) is 10.0 Å². The zero-order valence-electron chi connectivity index (χ0n) is 19.0. The van der Waals surface area contributed by atoms with E-state index >= 15 is 0 Å². The molecule has 0 aliphatic heterocycles. The van der Waals surface area contributed by atoms with Crippen molar-refractivity contribution in [2.45, 2.75) is 44.9 Å². The van der Waals surface area contributed by atoms with E-state index in [1.165, 1.54) is 17.7 Å². The highest BCUT2D eigenvalue weighted by Crippen LogP contribution is 2.30. The van der Waals surface area contributed by atoms with Gasteiger partial charge in [-0.1, -0.05) is 43.3 Å². The van der Waals surface area contributed by atoms with Gasteiger partial charge in [0.05, 0.1) is 21.7 Å². The van der Waals surface area contributed by atoms with Crippen LogP contribution in [-0.2, 0) is 21.2 Å². The van der Waals surface area contributed by atoms with Gasteiger partial charge in [0.1, 0.15) is 5.75 Å². The normalized spacial score (nSPS) is 11.3. The molecule has 7 heteroatoms. The van der Waals surface area contributed by atoms with Crippen LogP contribution in [0.4, 0.5) is 5.69 Å². The Morgan fingerprint density at radius 2 is 1.73 bits per heavy atom. The molecule has 3 aromatic carbocycles. The molecular weight excluding hydrogens is 502 g/mol. The first-order chi connectivity index (χ1) is 15.7. The number of amides is 1. The van der Waals surface area contributed by atoms with Gasteiger partial charge >= 0.3 is 0 Å². The van der Waals surface area contributed by atoms with Crippen LogP contribution in [0.1, 0.15) is 36.5 Å². The van der Waals surface area contributed by atoms with Gasteiger partial charge in [0.15, 0.2) is 0 Å². The predicted octanol–water partition coefficient (Wildman–Crippen LogP) is 6.21. The van der Waals surface area contributed by atoms with E-state index in [0.717, 1.165) is 20.8 Å². The summed E-state index contributed by atoms with van der Waals surface area (Å²) in [6.07, 6.45) is 1.34. The number of hydrogen-bond acceptors (Lipinski definition) is 4. The summed E-state index contributed by atoms with van der Waals surface area (Å²) >= 11 is 3.51. The largest absolute Gasteiger partial charge is 0.492 e. The summed E-state index contributed by atoms with van der Waals surface area (Å²) in [5.74, 6) is 0.208. The number of carbonyl (C=O) groups excluding carboxylic acids is 1. The van der Waals surface area contributed by atoms with Crippen molar-refractivity contribution in [3.8, 4) is 5.75 Å². The Morgan fingerprint density at radius 1 is 1.00 bits per heavy atom. The highest BCUT2D eigenvalue weighted by atomic mass is 79.9. The molecule has 0 bridgehead atoms. The molecule has 0 atom stereocenters. The second kappa shape index (κ2) is 11.0. The number of sulfonamides is 1. The average molecular weight is 530 g/mol. The van der Waals surface area contributed by atoms with Crippen molar-refractivity contribution in [1.29, 1.82) is 0 Å². The lowest BCUT2D eigenvalue weighted by Crippen LogP contribution is -2.37. The molecule has 0 aliphatic rings. The molecule has 0 N–H and O–H groups in total. The molecule has 33 heavy (non-hydrogen) atoms. The molecule has 0 saturated carbocycles. The van der Waals surface area contributed by atoms with Crippen LogP contribution in [0.5, 0.6) is 5.75 Å². The van der Waals surface area contributed by atoms with E-state index in [4.69, 9.17) is 4.74 Å². The summed E-state index contributed by atoms with van der Waals surface area (Å²) in [5.41, 5.74) is 3.16. The summed E-state index contributed by atoms with van der Waals surface area (Å²) in [6, 6.07) is 19.4. The first-order valence-electron chi connectivity index (χ1n) is 10.9. The lowest BCUT2D eigenvalue weighted by Gasteiger charge is -2.25. The van der Waals surface area contributed by atoms with Crippen LogP contribution in [0, 0.1) is 13.8 Å². The van der Waals surface area contributed by atoms with Crippen molar-refractivity contribution in [2.75, 3.05) is 10.9 Å². The average Bonchev–Trinajstić information content (AvgIpc) is 2.80. The molecule has 1 amide bonds. The Hall–Kier alpha value is -2.64. The first kappa shape index (κ1) is 25.0. The summed E-state index contributed by atoms with van der Waals surface area (Å²) in [6.45, 7) is 6.05. The third-order valence-electron chi connectivity index (χ3n) is 5.29. The molecule has 0 aromatic heterocycles. The molecule has 0 unspecified atom stereocenters. The fourth-order valence-corrected chi connectivity index (χ4v) is 5.49. The predicted molar refractivity (Wildman–Crippen MR) is 135 cm³/mol. The van der Waals surface area contributed by atoms with Crippen LogP contribution in [0.15, 0.2) is 76.1 Å². The topological polar surface area (TPSA) is 63.7 Å². The van der Waals surface area contributed by atoms with Crippen LogP contribution in [0.25, 0.3) is 0 Å². The van der Waals surface area contributed by atoms with E-state index in [2.05, 4.69) is 22.9 Å². The minimum absolute atomic E-state index is 0.0319. The van der Waals surface area contributed by atoms with E-state index in [9.17, 15) is 13.2 Å². The number of hydrogen-bond donors (Lipinski definition) is 0. The fourth-order valence-electron chi connectivity index (χ4n) is 3.42. The zero-order chi connectivity index (χ0) is 24.0. The van der Waals surface area contributed by atoms with Gasteiger partial charge in [-0.3, -0.25) is 4.79 Å². The number of aryl methyl sites for hydroxylation is 3. The number of halogens is 1. The molecule has 0 radical (unpaired) electrons. The van der Waals surface area contributed by atoms with Crippen molar-refractivity contribution in [3.05, 3.63) is 87.9 Å². The third kappa shape index (κ3) is 6.03. The quantitative estimate of drug-likeness (QED) is 0.309.